The Kier molecular flexibility index (Phi) is 8.61. The molecule has 2 aromatic carbocycles. The van der Waals surface area contributed by atoms with Gasteiger partial charge in [0.05, 0.1) is 32.1 Å². The van der Waals surface area contributed by atoms with Crippen LogP contribution in [-0.4, -0.2) is 65.8 Å². The van der Waals surface area contributed by atoms with Gasteiger partial charge in [-0.25, -0.2) is 4.57 Å². The molecule has 1 heterocycles. The second-order valence-corrected chi connectivity index (χ2v) is 7.77. The molecule has 0 fully saturated rings. The summed E-state index contributed by atoms with van der Waals surface area (Å²) in [7, 11) is 3.06. The third-order valence-electron chi connectivity index (χ3n) is 5.58. The van der Waals surface area contributed by atoms with E-state index in [1.807, 2.05) is 6.07 Å². The van der Waals surface area contributed by atoms with Gasteiger partial charge in [0.25, 0.3) is 5.56 Å². The first-order valence-corrected chi connectivity index (χ1v) is 11.5. The van der Waals surface area contributed by atoms with Gasteiger partial charge < -0.3 is 19.5 Å². The van der Waals surface area contributed by atoms with Gasteiger partial charge in [-0.3, -0.25) is 14.4 Å². The predicted octanol–water partition coefficient (Wildman–Crippen LogP) is 3.84. The first-order chi connectivity index (χ1) is 16.5. The van der Waals surface area contributed by atoms with Crippen LogP contribution < -0.4 is 15.0 Å². The number of rotatable bonds is 10. The summed E-state index contributed by atoms with van der Waals surface area (Å²) in [6.07, 6.45) is 1.41. The Bertz CT molecular complexity index is 1280. The standard InChI is InChI=1S/C25H30N4O4S/c1-5-27(6-2)16-15-26-17-18-23(30)28(19-11-7-9-13-21(19)32-3)25(34)29(24(18)31)20-12-8-10-14-22(20)33-4/h7-14,17,30H,5-6,15-16H2,1-4H3. The van der Waals surface area contributed by atoms with Crippen molar-refractivity contribution in [2.45, 2.75) is 13.8 Å². The van der Waals surface area contributed by atoms with Gasteiger partial charge in [0.2, 0.25) is 5.88 Å². The van der Waals surface area contributed by atoms with Crippen LogP contribution in [0.4, 0.5) is 0 Å². The fourth-order valence-corrected chi connectivity index (χ4v) is 4.05. The molecule has 1 aromatic heterocycles. The van der Waals surface area contributed by atoms with E-state index in [-0.39, 0.29) is 16.2 Å². The molecule has 0 amide bonds. The third-order valence-corrected chi connectivity index (χ3v) is 5.95. The molecule has 0 bridgehead atoms. The maximum atomic E-state index is 13.6. The molecule has 0 radical (unpaired) electrons. The molecule has 0 unspecified atom stereocenters. The first kappa shape index (κ1) is 25.2. The van der Waals surface area contributed by atoms with Gasteiger partial charge >= 0.3 is 0 Å². The van der Waals surface area contributed by atoms with Gasteiger partial charge in [0.15, 0.2) is 4.77 Å². The van der Waals surface area contributed by atoms with Crippen molar-refractivity contribution >= 4 is 18.4 Å². The van der Waals surface area contributed by atoms with Crippen LogP contribution in [0.15, 0.2) is 58.3 Å². The molecule has 8 nitrogen and oxygen atoms in total. The lowest BCUT2D eigenvalue weighted by molar-refractivity contribution is 0.313. The molecule has 9 heteroatoms. The largest absolute Gasteiger partial charge is 0.495 e. The van der Waals surface area contributed by atoms with Crippen molar-refractivity contribution < 1.29 is 14.6 Å². The SMILES string of the molecule is CCN(CC)CCN=Cc1c(O)n(-c2ccccc2OC)c(=S)n(-c2ccccc2OC)c1=O. The van der Waals surface area contributed by atoms with Gasteiger partial charge in [-0.1, -0.05) is 38.1 Å². The molecule has 3 aromatic rings. The molecule has 0 saturated carbocycles. The van der Waals surface area contributed by atoms with Gasteiger partial charge in [0.1, 0.15) is 17.1 Å². The Morgan fingerprint density at radius 3 is 2.03 bits per heavy atom. The number of ether oxygens (including phenoxy) is 2. The summed E-state index contributed by atoms with van der Waals surface area (Å²) >= 11 is 5.71. The monoisotopic (exact) mass is 482 g/mol. The average molecular weight is 483 g/mol. The van der Waals surface area contributed by atoms with Crippen molar-refractivity contribution in [1.82, 2.24) is 14.0 Å². The molecule has 0 spiro atoms. The summed E-state index contributed by atoms with van der Waals surface area (Å²) < 4.78 is 13.8. The van der Waals surface area contributed by atoms with Crippen LogP contribution in [0.2, 0.25) is 0 Å². The Morgan fingerprint density at radius 2 is 1.50 bits per heavy atom. The first-order valence-electron chi connectivity index (χ1n) is 11.1. The Hall–Kier alpha value is -3.43. The number of para-hydroxylation sites is 4. The number of aliphatic imine (C=N–C) groups is 1. The van der Waals surface area contributed by atoms with Gasteiger partial charge in [-0.2, -0.15) is 0 Å². The average Bonchev–Trinajstić information content (AvgIpc) is 2.86. The predicted molar refractivity (Wildman–Crippen MR) is 137 cm³/mol. The van der Waals surface area contributed by atoms with Crippen molar-refractivity contribution in [3.8, 4) is 28.8 Å². The van der Waals surface area contributed by atoms with E-state index in [0.29, 0.717) is 29.4 Å². The molecule has 180 valence electrons. The van der Waals surface area contributed by atoms with Crippen LogP contribution in [0.25, 0.3) is 11.4 Å². The second-order valence-electron chi connectivity index (χ2n) is 7.40. The summed E-state index contributed by atoms with van der Waals surface area (Å²) in [5.74, 6) is 0.651. The minimum absolute atomic E-state index is 0.0185. The zero-order valence-electron chi connectivity index (χ0n) is 19.9. The molecule has 0 aliphatic carbocycles. The normalized spacial score (nSPS) is 11.3. The van der Waals surface area contributed by atoms with Crippen LogP contribution in [0.3, 0.4) is 0 Å². The summed E-state index contributed by atoms with van der Waals surface area (Å²) in [5.41, 5.74) is 0.477. The molecule has 3 rings (SSSR count). The van der Waals surface area contributed by atoms with Gasteiger partial charge in [-0.05, 0) is 49.6 Å². The lowest BCUT2D eigenvalue weighted by Crippen LogP contribution is -2.28. The highest BCUT2D eigenvalue weighted by Crippen LogP contribution is 2.29. The summed E-state index contributed by atoms with van der Waals surface area (Å²) in [6, 6.07) is 14.2. The quantitative estimate of drug-likeness (QED) is 0.349. The number of aromatic hydroxyl groups is 1. The molecule has 0 atom stereocenters. The van der Waals surface area contributed by atoms with E-state index in [9.17, 15) is 9.90 Å². The highest BCUT2D eigenvalue weighted by molar-refractivity contribution is 7.71. The maximum Gasteiger partial charge on any atom is 0.271 e. The highest BCUT2D eigenvalue weighted by Gasteiger charge is 2.21. The summed E-state index contributed by atoms with van der Waals surface area (Å²) in [6.45, 7) is 7.23. The van der Waals surface area contributed by atoms with Crippen LogP contribution >= 0.6 is 12.2 Å². The van der Waals surface area contributed by atoms with Crippen molar-refractivity contribution in [3.05, 3.63) is 69.2 Å². The van der Waals surface area contributed by atoms with E-state index in [1.165, 1.54) is 29.6 Å². The number of benzene rings is 2. The smallest absolute Gasteiger partial charge is 0.271 e. The minimum atomic E-state index is -0.496. The van der Waals surface area contributed by atoms with E-state index in [4.69, 9.17) is 21.7 Å². The third kappa shape index (κ3) is 5.05. The van der Waals surface area contributed by atoms with Crippen LogP contribution in [0.1, 0.15) is 19.4 Å². The lowest BCUT2D eigenvalue weighted by Gasteiger charge is -2.19. The van der Waals surface area contributed by atoms with Crippen molar-refractivity contribution in [2.75, 3.05) is 40.4 Å². The second kappa shape index (κ2) is 11.6. The number of hydrogen-bond acceptors (Lipinski definition) is 7. The number of nitrogens with zero attached hydrogens (tertiary/aromatic N) is 4. The minimum Gasteiger partial charge on any atom is -0.495 e. The Balaban J connectivity index is 2.27. The fourth-order valence-electron chi connectivity index (χ4n) is 3.68. The van der Waals surface area contributed by atoms with Crippen LogP contribution in [0.5, 0.6) is 17.4 Å². The van der Waals surface area contributed by atoms with Gasteiger partial charge in [0, 0.05) is 12.8 Å². The van der Waals surface area contributed by atoms with Crippen molar-refractivity contribution in [1.29, 1.82) is 0 Å². The summed E-state index contributed by atoms with van der Waals surface area (Å²) in [4.78, 5) is 20.3. The van der Waals surface area contributed by atoms with Crippen molar-refractivity contribution in [3.63, 3.8) is 0 Å². The number of hydrogen-bond donors (Lipinski definition) is 1. The Morgan fingerprint density at radius 1 is 0.971 bits per heavy atom. The molecular formula is C25H30N4O4S. The highest BCUT2D eigenvalue weighted by atomic mass is 32.1. The molecule has 0 aliphatic rings. The maximum absolute atomic E-state index is 13.6. The van der Waals surface area contributed by atoms with E-state index < -0.39 is 5.56 Å². The lowest BCUT2D eigenvalue weighted by atomic mass is 10.2. The number of methoxy groups -OCH3 is 2. The van der Waals surface area contributed by atoms with E-state index in [2.05, 4.69) is 23.7 Å². The summed E-state index contributed by atoms with van der Waals surface area (Å²) in [5, 5.41) is 11.2. The molecular weight excluding hydrogens is 452 g/mol. The zero-order valence-corrected chi connectivity index (χ0v) is 20.7. The molecule has 34 heavy (non-hydrogen) atoms. The number of likely N-dealkylation sites (N-methyl/N-ethyl adjacent to an activating group) is 1. The molecule has 0 aliphatic heterocycles. The van der Waals surface area contributed by atoms with Crippen LogP contribution in [-0.2, 0) is 0 Å². The molecule has 0 saturated heterocycles. The van der Waals surface area contributed by atoms with E-state index >= 15 is 0 Å². The molecule has 1 N–H and O–H groups in total. The van der Waals surface area contributed by atoms with Gasteiger partial charge in [-0.15, -0.1) is 0 Å². The zero-order chi connectivity index (χ0) is 24.7. The Labute approximate surface area is 204 Å². The van der Waals surface area contributed by atoms with Crippen molar-refractivity contribution in [2.24, 2.45) is 4.99 Å². The topological polar surface area (TPSA) is 81.2 Å². The van der Waals surface area contributed by atoms with Crippen LogP contribution in [0, 0.1) is 4.77 Å². The number of aromatic nitrogens is 2. The fraction of sp³-hybridized carbons (Fsp3) is 0.320. The van der Waals surface area contributed by atoms with E-state index in [1.54, 1.807) is 42.5 Å². The van der Waals surface area contributed by atoms with E-state index in [0.717, 1.165) is 19.6 Å².